The predicted octanol–water partition coefficient (Wildman–Crippen LogP) is 2.34. The molecule has 0 spiro atoms. The number of nitrogens with zero attached hydrogens (tertiary/aromatic N) is 2. The van der Waals surface area contributed by atoms with E-state index in [-0.39, 0.29) is 5.91 Å². The molecule has 7 heteroatoms. The minimum atomic E-state index is -0.886. The highest BCUT2D eigenvalue weighted by Crippen LogP contribution is 2.53. The number of primary amides is 1. The second-order valence-electron chi connectivity index (χ2n) is 7.20. The molecule has 0 aromatic heterocycles. The van der Waals surface area contributed by atoms with Crippen molar-refractivity contribution in [3.8, 4) is 0 Å². The fourth-order valence-electron chi connectivity index (χ4n) is 4.75. The first-order valence-corrected chi connectivity index (χ1v) is 9.34. The van der Waals surface area contributed by atoms with Crippen LogP contribution in [-0.4, -0.2) is 28.7 Å². The lowest BCUT2D eigenvalue weighted by Crippen LogP contribution is -2.46. The Morgan fingerprint density at radius 2 is 1.64 bits per heavy atom. The lowest BCUT2D eigenvalue weighted by molar-refractivity contribution is -0.129. The van der Waals surface area contributed by atoms with E-state index in [2.05, 4.69) is 0 Å². The number of rotatable bonds is 2. The quantitative estimate of drug-likeness (QED) is 0.794. The maximum atomic E-state index is 13.4. The standard InChI is InChI=1S/C21H16ClN3O3/c22-13-7-3-4-8-14(13)25-20(27)15-16(21(25)28)18(19(23)26)24-10-9-11-5-1-2-6-12(11)17(15)24/h1-10,15-18H,(H2,23,26)/t15-,16+,17+,18+/m0/s1. The minimum Gasteiger partial charge on any atom is -0.368 e. The molecule has 2 aromatic rings. The van der Waals surface area contributed by atoms with Crippen molar-refractivity contribution < 1.29 is 14.4 Å². The molecule has 3 amide bonds. The van der Waals surface area contributed by atoms with E-state index < -0.39 is 35.7 Å². The summed E-state index contributed by atoms with van der Waals surface area (Å²) >= 11 is 6.25. The molecule has 3 aliphatic rings. The highest BCUT2D eigenvalue weighted by atomic mass is 35.5. The number of amides is 3. The maximum Gasteiger partial charge on any atom is 0.240 e. The van der Waals surface area contributed by atoms with Crippen LogP contribution in [0.15, 0.2) is 54.7 Å². The predicted molar refractivity (Wildman–Crippen MR) is 104 cm³/mol. The number of nitrogens with two attached hydrogens (primary N) is 1. The molecule has 28 heavy (non-hydrogen) atoms. The minimum absolute atomic E-state index is 0.306. The molecule has 3 aliphatic heterocycles. The Morgan fingerprint density at radius 1 is 0.964 bits per heavy atom. The van der Waals surface area contributed by atoms with E-state index in [0.717, 1.165) is 16.0 Å². The second kappa shape index (κ2) is 5.94. The van der Waals surface area contributed by atoms with E-state index in [4.69, 9.17) is 17.3 Å². The van der Waals surface area contributed by atoms with Gasteiger partial charge in [0.2, 0.25) is 17.7 Å². The lowest BCUT2D eigenvalue weighted by Gasteiger charge is -2.34. The Kier molecular flexibility index (Phi) is 3.61. The van der Waals surface area contributed by atoms with Crippen LogP contribution in [0.3, 0.4) is 0 Å². The Balaban J connectivity index is 1.67. The van der Waals surface area contributed by atoms with Crippen LogP contribution in [0.1, 0.15) is 17.2 Å². The summed E-state index contributed by atoms with van der Waals surface area (Å²) in [6.07, 6.45) is 3.64. The number of hydrogen-bond acceptors (Lipinski definition) is 4. The van der Waals surface area contributed by atoms with Crippen molar-refractivity contribution in [1.82, 2.24) is 4.90 Å². The zero-order valence-corrected chi connectivity index (χ0v) is 15.4. The van der Waals surface area contributed by atoms with Gasteiger partial charge in [0.25, 0.3) is 0 Å². The molecule has 4 atom stereocenters. The molecule has 0 unspecified atom stereocenters. The van der Waals surface area contributed by atoms with E-state index in [1.165, 1.54) is 0 Å². The lowest BCUT2D eigenvalue weighted by atomic mass is 9.84. The van der Waals surface area contributed by atoms with Crippen molar-refractivity contribution in [3.05, 3.63) is 70.9 Å². The van der Waals surface area contributed by atoms with Gasteiger partial charge in [-0.15, -0.1) is 0 Å². The molecule has 140 valence electrons. The normalized spacial score (nSPS) is 27.6. The average molecular weight is 394 g/mol. The monoisotopic (exact) mass is 393 g/mol. The van der Waals surface area contributed by atoms with Crippen LogP contribution >= 0.6 is 11.6 Å². The Morgan fingerprint density at radius 3 is 2.39 bits per heavy atom. The number of para-hydroxylation sites is 1. The van der Waals surface area contributed by atoms with Gasteiger partial charge in [-0.1, -0.05) is 48.0 Å². The zero-order valence-electron chi connectivity index (χ0n) is 14.7. The highest BCUT2D eigenvalue weighted by Gasteiger charge is 2.64. The molecule has 2 saturated heterocycles. The van der Waals surface area contributed by atoms with Crippen molar-refractivity contribution >= 4 is 41.1 Å². The Bertz CT molecular complexity index is 1070. The molecule has 3 heterocycles. The number of anilines is 1. The van der Waals surface area contributed by atoms with Crippen LogP contribution < -0.4 is 10.6 Å². The zero-order chi connectivity index (χ0) is 19.6. The number of imide groups is 1. The smallest absolute Gasteiger partial charge is 0.240 e. The van der Waals surface area contributed by atoms with Gasteiger partial charge in [0.05, 0.1) is 28.6 Å². The van der Waals surface area contributed by atoms with E-state index in [9.17, 15) is 14.4 Å². The van der Waals surface area contributed by atoms with Crippen molar-refractivity contribution in [2.45, 2.75) is 12.1 Å². The largest absolute Gasteiger partial charge is 0.368 e. The molecule has 0 saturated carbocycles. The SMILES string of the molecule is NC(=O)[C@H]1[C@@H]2C(=O)N(c3ccccc3Cl)C(=O)[C@@H]2[C@H]2c3ccccc3C=CN21. The van der Waals surface area contributed by atoms with E-state index >= 15 is 0 Å². The molecular formula is C21H16ClN3O3. The highest BCUT2D eigenvalue weighted by molar-refractivity contribution is 6.36. The van der Waals surface area contributed by atoms with Crippen LogP contribution in [0.4, 0.5) is 5.69 Å². The van der Waals surface area contributed by atoms with Crippen LogP contribution in [0.2, 0.25) is 5.02 Å². The molecule has 2 aromatic carbocycles. The van der Waals surface area contributed by atoms with Gasteiger partial charge in [-0.2, -0.15) is 0 Å². The summed E-state index contributed by atoms with van der Waals surface area (Å²) in [5.74, 6) is -2.96. The summed E-state index contributed by atoms with van der Waals surface area (Å²) in [7, 11) is 0. The number of benzene rings is 2. The van der Waals surface area contributed by atoms with Crippen molar-refractivity contribution in [1.29, 1.82) is 0 Å². The third-order valence-corrected chi connectivity index (χ3v) is 6.17. The summed E-state index contributed by atoms with van der Waals surface area (Å²) < 4.78 is 0. The summed E-state index contributed by atoms with van der Waals surface area (Å²) in [5, 5.41) is 0.306. The first-order chi connectivity index (χ1) is 13.5. The molecule has 2 N–H and O–H groups in total. The third kappa shape index (κ3) is 2.12. The van der Waals surface area contributed by atoms with Gasteiger partial charge in [0.15, 0.2) is 0 Å². The van der Waals surface area contributed by atoms with Crippen LogP contribution in [0.5, 0.6) is 0 Å². The third-order valence-electron chi connectivity index (χ3n) is 5.85. The van der Waals surface area contributed by atoms with Crippen LogP contribution in [0.25, 0.3) is 6.08 Å². The molecule has 0 aliphatic carbocycles. The first-order valence-electron chi connectivity index (χ1n) is 8.97. The average Bonchev–Trinajstić information content (AvgIpc) is 3.16. The topological polar surface area (TPSA) is 83.7 Å². The van der Waals surface area contributed by atoms with Crippen molar-refractivity contribution in [2.24, 2.45) is 17.6 Å². The fourth-order valence-corrected chi connectivity index (χ4v) is 4.97. The summed E-state index contributed by atoms with van der Waals surface area (Å²) in [6, 6.07) is 13.1. The summed E-state index contributed by atoms with van der Waals surface area (Å²) in [5.41, 5.74) is 7.89. The van der Waals surface area contributed by atoms with E-state index in [1.54, 1.807) is 35.4 Å². The van der Waals surface area contributed by atoms with Crippen LogP contribution in [0, 0.1) is 11.8 Å². The second-order valence-corrected chi connectivity index (χ2v) is 7.61. The molecule has 2 fully saturated rings. The van der Waals surface area contributed by atoms with Crippen molar-refractivity contribution in [2.75, 3.05) is 4.90 Å². The number of fused-ring (bicyclic) bond motifs is 5. The van der Waals surface area contributed by atoms with E-state index in [1.807, 2.05) is 30.3 Å². The maximum absolute atomic E-state index is 13.4. The number of carbonyl (C=O) groups excluding carboxylic acids is 3. The Hall–Kier alpha value is -3.12. The number of carbonyl (C=O) groups is 3. The summed E-state index contributed by atoms with van der Waals surface area (Å²) in [6.45, 7) is 0. The first kappa shape index (κ1) is 17.0. The van der Waals surface area contributed by atoms with Gasteiger partial charge in [0.1, 0.15) is 6.04 Å². The number of halogens is 1. The molecule has 0 radical (unpaired) electrons. The van der Waals surface area contributed by atoms with Gasteiger partial charge in [-0.05, 0) is 29.3 Å². The summed E-state index contributed by atoms with van der Waals surface area (Å²) in [4.78, 5) is 41.9. The van der Waals surface area contributed by atoms with Crippen LogP contribution in [-0.2, 0) is 14.4 Å². The van der Waals surface area contributed by atoms with Gasteiger partial charge < -0.3 is 10.6 Å². The fraction of sp³-hybridized carbons (Fsp3) is 0.190. The molecule has 0 bridgehead atoms. The number of hydrogen-bond donors (Lipinski definition) is 1. The van der Waals surface area contributed by atoms with Gasteiger partial charge in [-0.3, -0.25) is 14.4 Å². The van der Waals surface area contributed by atoms with Crippen molar-refractivity contribution in [3.63, 3.8) is 0 Å². The van der Waals surface area contributed by atoms with E-state index in [0.29, 0.717) is 10.7 Å². The Labute approximate surface area is 166 Å². The molecule has 6 nitrogen and oxygen atoms in total. The van der Waals surface area contributed by atoms with Gasteiger partial charge in [0, 0.05) is 6.20 Å². The van der Waals surface area contributed by atoms with Gasteiger partial charge in [-0.25, -0.2) is 4.90 Å². The molecule has 5 rings (SSSR count). The molecular weight excluding hydrogens is 378 g/mol. The van der Waals surface area contributed by atoms with Gasteiger partial charge >= 0.3 is 0 Å².